The van der Waals surface area contributed by atoms with E-state index in [4.69, 9.17) is 0 Å². The average Bonchev–Trinajstić information content (AvgIpc) is 3.07. The van der Waals surface area contributed by atoms with Gasteiger partial charge in [0.05, 0.1) is 10.9 Å². The van der Waals surface area contributed by atoms with E-state index in [-0.39, 0.29) is 11.9 Å². The van der Waals surface area contributed by atoms with Gasteiger partial charge in [-0.2, -0.15) is 4.31 Å². The first-order chi connectivity index (χ1) is 12.6. The van der Waals surface area contributed by atoms with Gasteiger partial charge in [0.1, 0.15) is 0 Å². The molecular weight excluding hydrogens is 350 g/mol. The summed E-state index contributed by atoms with van der Waals surface area (Å²) in [6.45, 7) is 0.510. The Hall–Kier alpha value is -2.25. The molecule has 1 atom stereocenters. The van der Waals surface area contributed by atoms with E-state index in [1.807, 2.05) is 12.1 Å². The highest BCUT2D eigenvalue weighted by Crippen LogP contribution is 2.37. The number of benzene rings is 1. The number of nitrogens with one attached hydrogen (secondary N) is 1. The molecule has 0 aliphatic carbocycles. The number of amides is 1. The molecule has 7 heteroatoms. The van der Waals surface area contributed by atoms with Crippen LogP contribution in [-0.4, -0.2) is 30.2 Å². The molecule has 6 nitrogen and oxygen atoms in total. The third-order valence-electron chi connectivity index (χ3n) is 5.08. The molecule has 2 aromatic rings. The minimum atomic E-state index is -3.60. The van der Waals surface area contributed by atoms with Crippen LogP contribution < -0.4 is 5.32 Å². The van der Waals surface area contributed by atoms with Crippen molar-refractivity contribution in [1.29, 1.82) is 0 Å². The largest absolute Gasteiger partial charge is 0.326 e. The first-order valence-corrected chi connectivity index (χ1v) is 10.3. The molecule has 1 saturated heterocycles. The average molecular weight is 371 g/mol. The lowest BCUT2D eigenvalue weighted by atomic mass is 10.1. The number of carbonyl (C=O) groups is 1. The van der Waals surface area contributed by atoms with E-state index in [1.54, 1.807) is 34.9 Å². The van der Waals surface area contributed by atoms with Gasteiger partial charge in [-0.05, 0) is 61.1 Å². The van der Waals surface area contributed by atoms with Gasteiger partial charge in [-0.15, -0.1) is 0 Å². The summed E-state index contributed by atoms with van der Waals surface area (Å²) >= 11 is 0. The minimum absolute atomic E-state index is 0.0180. The Balaban J connectivity index is 1.68. The quantitative estimate of drug-likeness (QED) is 0.900. The van der Waals surface area contributed by atoms with Crippen LogP contribution in [0, 0.1) is 0 Å². The predicted octanol–water partition coefficient (Wildman–Crippen LogP) is 2.88. The predicted molar refractivity (Wildman–Crippen MR) is 98.1 cm³/mol. The Morgan fingerprint density at radius 2 is 2.04 bits per heavy atom. The van der Waals surface area contributed by atoms with Crippen molar-refractivity contribution in [3.8, 4) is 0 Å². The molecule has 0 spiro atoms. The second kappa shape index (κ2) is 6.81. The summed E-state index contributed by atoms with van der Waals surface area (Å²) in [4.78, 5) is 16.1. The van der Waals surface area contributed by atoms with E-state index in [0.717, 1.165) is 36.1 Å². The third kappa shape index (κ3) is 3.12. The second-order valence-electron chi connectivity index (χ2n) is 6.78. The highest BCUT2D eigenvalue weighted by Gasteiger charge is 2.36. The molecule has 0 saturated carbocycles. The van der Waals surface area contributed by atoms with Gasteiger partial charge in [0, 0.05) is 31.0 Å². The molecule has 1 amide bonds. The third-order valence-corrected chi connectivity index (χ3v) is 6.98. The highest BCUT2D eigenvalue weighted by molar-refractivity contribution is 7.89. The number of aryl methyl sites for hydroxylation is 1. The Labute approximate surface area is 153 Å². The minimum Gasteiger partial charge on any atom is -0.326 e. The lowest BCUT2D eigenvalue weighted by molar-refractivity contribution is -0.116. The zero-order valence-electron chi connectivity index (χ0n) is 14.4. The molecular formula is C19H21N3O3S. The van der Waals surface area contributed by atoms with Gasteiger partial charge >= 0.3 is 0 Å². The summed E-state index contributed by atoms with van der Waals surface area (Å²) in [5.41, 5.74) is 2.53. The lowest BCUT2D eigenvalue weighted by Gasteiger charge is -2.24. The second-order valence-corrected chi connectivity index (χ2v) is 8.67. The van der Waals surface area contributed by atoms with Gasteiger partial charge in [0.2, 0.25) is 15.9 Å². The molecule has 2 aliphatic rings. The molecule has 2 aliphatic heterocycles. The molecule has 1 fully saturated rings. The van der Waals surface area contributed by atoms with Gasteiger partial charge in [-0.25, -0.2) is 8.42 Å². The van der Waals surface area contributed by atoms with Crippen LogP contribution in [0.1, 0.15) is 42.9 Å². The topological polar surface area (TPSA) is 79.4 Å². The number of sulfonamides is 1. The molecule has 1 aromatic carbocycles. The number of hydrogen-bond donors (Lipinski definition) is 1. The zero-order chi connectivity index (χ0) is 18.1. The van der Waals surface area contributed by atoms with Gasteiger partial charge in [-0.1, -0.05) is 6.07 Å². The number of anilines is 1. The van der Waals surface area contributed by atoms with Crippen molar-refractivity contribution in [3.05, 3.63) is 53.9 Å². The van der Waals surface area contributed by atoms with Crippen molar-refractivity contribution < 1.29 is 13.2 Å². The SMILES string of the molecule is O=C1CCCc2cc(S(=O)(=O)N3CCCC3c3cccnc3)ccc2N1. The molecule has 4 rings (SSSR count). The highest BCUT2D eigenvalue weighted by atomic mass is 32.2. The van der Waals surface area contributed by atoms with Crippen LogP contribution in [0.25, 0.3) is 0 Å². The Kier molecular flexibility index (Phi) is 4.50. The van der Waals surface area contributed by atoms with Crippen LogP contribution in [0.3, 0.4) is 0 Å². The maximum absolute atomic E-state index is 13.3. The normalized spacial score (nSPS) is 21.1. The summed E-state index contributed by atoms with van der Waals surface area (Å²) < 4.78 is 28.1. The van der Waals surface area contributed by atoms with Gasteiger partial charge in [-0.3, -0.25) is 9.78 Å². The maximum Gasteiger partial charge on any atom is 0.243 e. The fraction of sp³-hybridized carbons (Fsp3) is 0.368. The molecule has 1 N–H and O–H groups in total. The maximum atomic E-state index is 13.3. The van der Waals surface area contributed by atoms with Crippen molar-refractivity contribution in [1.82, 2.24) is 9.29 Å². The number of carbonyl (C=O) groups excluding carboxylic acids is 1. The van der Waals surface area contributed by atoms with Gasteiger partial charge in [0.15, 0.2) is 0 Å². The van der Waals surface area contributed by atoms with E-state index in [2.05, 4.69) is 10.3 Å². The first-order valence-electron chi connectivity index (χ1n) is 8.90. The fourth-order valence-electron chi connectivity index (χ4n) is 3.78. The van der Waals surface area contributed by atoms with Crippen LogP contribution in [0.5, 0.6) is 0 Å². The molecule has 0 radical (unpaired) electrons. The van der Waals surface area contributed by atoms with Crippen LogP contribution in [-0.2, 0) is 21.2 Å². The summed E-state index contributed by atoms with van der Waals surface area (Å²) in [7, 11) is -3.60. The van der Waals surface area contributed by atoms with E-state index in [0.29, 0.717) is 24.3 Å². The van der Waals surface area contributed by atoms with Gasteiger partial charge in [0.25, 0.3) is 0 Å². The summed E-state index contributed by atoms with van der Waals surface area (Å²) in [6, 6.07) is 8.61. The fourth-order valence-corrected chi connectivity index (χ4v) is 5.51. The number of pyridine rings is 1. The summed E-state index contributed by atoms with van der Waals surface area (Å²) in [5, 5.41) is 2.85. The van der Waals surface area contributed by atoms with Crippen LogP contribution in [0.2, 0.25) is 0 Å². The van der Waals surface area contributed by atoms with Crippen LogP contribution >= 0.6 is 0 Å². The standard InChI is InChI=1S/C19H21N3O3S/c23-19-7-1-4-14-12-16(8-9-17(14)21-19)26(24,25)22-11-3-6-18(22)15-5-2-10-20-13-15/h2,5,8-10,12-13,18H,1,3-4,6-7,11H2,(H,21,23). The summed E-state index contributed by atoms with van der Waals surface area (Å²) in [6.07, 6.45) is 6.95. The van der Waals surface area contributed by atoms with E-state index < -0.39 is 10.0 Å². The zero-order valence-corrected chi connectivity index (χ0v) is 15.2. The van der Waals surface area contributed by atoms with Gasteiger partial charge < -0.3 is 5.32 Å². The molecule has 1 aromatic heterocycles. The number of fused-ring (bicyclic) bond motifs is 1. The van der Waals surface area contributed by atoms with E-state index in [1.165, 1.54) is 0 Å². The molecule has 3 heterocycles. The smallest absolute Gasteiger partial charge is 0.243 e. The van der Waals surface area contributed by atoms with Crippen molar-refractivity contribution in [3.63, 3.8) is 0 Å². The molecule has 0 bridgehead atoms. The Bertz CT molecular complexity index is 928. The number of hydrogen-bond acceptors (Lipinski definition) is 4. The first kappa shape index (κ1) is 17.2. The van der Waals surface area contributed by atoms with Crippen molar-refractivity contribution >= 4 is 21.6 Å². The summed E-state index contributed by atoms with van der Waals surface area (Å²) in [5.74, 6) is -0.0180. The van der Waals surface area contributed by atoms with Crippen molar-refractivity contribution in [2.45, 2.75) is 43.0 Å². The number of rotatable bonds is 3. The molecule has 26 heavy (non-hydrogen) atoms. The van der Waals surface area contributed by atoms with E-state index in [9.17, 15) is 13.2 Å². The van der Waals surface area contributed by atoms with Crippen molar-refractivity contribution in [2.24, 2.45) is 0 Å². The molecule has 1 unspecified atom stereocenters. The molecule has 136 valence electrons. The van der Waals surface area contributed by atoms with E-state index >= 15 is 0 Å². The Morgan fingerprint density at radius 3 is 2.85 bits per heavy atom. The Morgan fingerprint density at radius 1 is 1.15 bits per heavy atom. The number of nitrogens with zero attached hydrogens (tertiary/aromatic N) is 2. The monoisotopic (exact) mass is 371 g/mol. The van der Waals surface area contributed by atoms with Crippen LogP contribution in [0.4, 0.5) is 5.69 Å². The lowest BCUT2D eigenvalue weighted by Crippen LogP contribution is -2.30. The van der Waals surface area contributed by atoms with Crippen LogP contribution in [0.15, 0.2) is 47.6 Å². The van der Waals surface area contributed by atoms with Crippen molar-refractivity contribution in [2.75, 3.05) is 11.9 Å². The number of aromatic nitrogens is 1.